The van der Waals surface area contributed by atoms with Gasteiger partial charge in [0.1, 0.15) is 0 Å². The first-order chi connectivity index (χ1) is 10.7. The maximum Gasteiger partial charge on any atom is 0.352 e. The SMILES string of the molecule is CC1=C[C@@H]2[C@H]1[C@@H]1C=C[C@@H]2n2c(=O)n(-c3ccccc3)c(=O)n21. The first kappa shape index (κ1) is 12.0. The zero-order chi connectivity index (χ0) is 15.0. The fraction of sp³-hybridized carbons (Fsp3) is 0.294. The largest absolute Gasteiger partial charge is 0.352 e. The molecule has 4 atom stereocenters. The summed E-state index contributed by atoms with van der Waals surface area (Å²) in [6.07, 6.45) is 6.38. The van der Waals surface area contributed by atoms with Gasteiger partial charge in [-0.2, -0.15) is 0 Å². The molecule has 5 heteroatoms. The molecular formula is C17H15N3O2. The lowest BCUT2D eigenvalue weighted by molar-refractivity contribution is 0.126. The highest BCUT2D eigenvalue weighted by molar-refractivity contribution is 5.35. The maximum absolute atomic E-state index is 12.9. The van der Waals surface area contributed by atoms with Crippen molar-refractivity contribution < 1.29 is 0 Å². The summed E-state index contributed by atoms with van der Waals surface area (Å²) in [5.74, 6) is 0.706. The van der Waals surface area contributed by atoms with Crippen LogP contribution in [0.1, 0.15) is 19.0 Å². The Balaban J connectivity index is 1.80. The van der Waals surface area contributed by atoms with Crippen molar-refractivity contribution >= 4 is 0 Å². The van der Waals surface area contributed by atoms with Crippen LogP contribution in [0.2, 0.25) is 0 Å². The van der Waals surface area contributed by atoms with E-state index < -0.39 is 0 Å². The topological polar surface area (TPSA) is 48.9 Å². The first-order valence-corrected chi connectivity index (χ1v) is 7.56. The Kier molecular flexibility index (Phi) is 2.08. The average Bonchev–Trinajstić information content (AvgIpc) is 2.80. The van der Waals surface area contributed by atoms with Crippen LogP contribution in [0.3, 0.4) is 0 Å². The number of allylic oxidation sites excluding steroid dienone is 4. The molecule has 2 bridgehead atoms. The number of hydrogen-bond donors (Lipinski definition) is 0. The van der Waals surface area contributed by atoms with Crippen LogP contribution in [0.4, 0.5) is 0 Å². The van der Waals surface area contributed by atoms with Crippen LogP contribution in [-0.2, 0) is 0 Å². The van der Waals surface area contributed by atoms with Gasteiger partial charge in [0.15, 0.2) is 0 Å². The summed E-state index contributed by atoms with van der Waals surface area (Å²) in [6.45, 7) is 2.11. The molecule has 110 valence electrons. The third kappa shape index (κ3) is 1.21. The summed E-state index contributed by atoms with van der Waals surface area (Å²) in [5, 5.41) is 0. The Bertz CT molecular complexity index is 958. The minimum atomic E-state index is -0.244. The molecule has 0 spiro atoms. The standard InChI is InChI=1S/C17H15N3O2/c1-10-9-12-13-7-8-14(15(10)12)20-17(22)18(16(21)19(13)20)11-5-3-2-4-6-11/h2-9,12-15H,1H3/t12-,13-,14-,15-/m0/s1. The van der Waals surface area contributed by atoms with Crippen molar-refractivity contribution in [2.45, 2.75) is 19.0 Å². The van der Waals surface area contributed by atoms with Crippen molar-refractivity contribution in [1.29, 1.82) is 0 Å². The summed E-state index contributed by atoms with van der Waals surface area (Å²) in [4.78, 5) is 25.7. The van der Waals surface area contributed by atoms with Crippen LogP contribution in [0, 0.1) is 11.8 Å². The van der Waals surface area contributed by atoms with Gasteiger partial charge in [-0.05, 0) is 19.1 Å². The summed E-state index contributed by atoms with van der Waals surface area (Å²) >= 11 is 0. The molecule has 0 N–H and O–H groups in total. The van der Waals surface area contributed by atoms with Gasteiger partial charge in [0, 0.05) is 11.8 Å². The number of para-hydroxylation sites is 1. The zero-order valence-electron chi connectivity index (χ0n) is 12.1. The second kappa shape index (κ2) is 3.80. The van der Waals surface area contributed by atoms with E-state index in [1.54, 1.807) is 21.5 Å². The van der Waals surface area contributed by atoms with Crippen LogP contribution >= 0.6 is 0 Å². The van der Waals surface area contributed by atoms with Gasteiger partial charge in [-0.1, -0.05) is 42.0 Å². The quantitative estimate of drug-likeness (QED) is 0.751. The van der Waals surface area contributed by atoms with Gasteiger partial charge in [0.25, 0.3) is 0 Å². The molecule has 0 radical (unpaired) electrons. The predicted molar refractivity (Wildman–Crippen MR) is 82.2 cm³/mol. The summed E-state index contributed by atoms with van der Waals surface area (Å²) < 4.78 is 4.58. The van der Waals surface area contributed by atoms with E-state index in [-0.39, 0.29) is 23.5 Å². The van der Waals surface area contributed by atoms with E-state index in [9.17, 15) is 9.59 Å². The van der Waals surface area contributed by atoms with Gasteiger partial charge in [-0.25, -0.2) is 23.5 Å². The van der Waals surface area contributed by atoms with E-state index >= 15 is 0 Å². The Labute approximate surface area is 126 Å². The molecule has 1 aromatic carbocycles. The van der Waals surface area contributed by atoms with E-state index in [0.29, 0.717) is 17.5 Å². The van der Waals surface area contributed by atoms with Crippen LogP contribution in [0.5, 0.6) is 0 Å². The second-order valence-corrected chi connectivity index (χ2v) is 6.31. The molecule has 0 unspecified atom stereocenters. The minimum absolute atomic E-state index is 0.0369. The molecule has 6 rings (SSSR count). The van der Waals surface area contributed by atoms with Gasteiger partial charge >= 0.3 is 11.4 Å². The maximum atomic E-state index is 12.9. The van der Waals surface area contributed by atoms with Crippen LogP contribution in [-0.4, -0.2) is 13.9 Å². The molecule has 0 amide bonds. The van der Waals surface area contributed by atoms with Crippen molar-refractivity contribution in [2.24, 2.45) is 11.8 Å². The normalized spacial score (nSPS) is 30.5. The lowest BCUT2D eigenvalue weighted by Crippen LogP contribution is -2.51. The molecule has 0 saturated carbocycles. The number of aromatic nitrogens is 3. The van der Waals surface area contributed by atoms with E-state index in [1.807, 2.05) is 18.2 Å². The van der Waals surface area contributed by atoms with Crippen molar-refractivity contribution in [3.8, 4) is 5.69 Å². The van der Waals surface area contributed by atoms with Crippen molar-refractivity contribution in [3.05, 3.63) is 75.1 Å². The average molecular weight is 293 g/mol. The molecule has 5 nitrogen and oxygen atoms in total. The predicted octanol–water partition coefficient (Wildman–Crippen LogP) is 1.66. The van der Waals surface area contributed by atoms with Gasteiger partial charge in [0.2, 0.25) is 0 Å². The summed E-state index contributed by atoms with van der Waals surface area (Å²) in [6, 6.07) is 9.07. The molecule has 2 aliphatic heterocycles. The first-order valence-electron chi connectivity index (χ1n) is 7.56. The van der Waals surface area contributed by atoms with Crippen molar-refractivity contribution in [2.75, 3.05) is 0 Å². The van der Waals surface area contributed by atoms with Gasteiger partial charge in [-0.15, -0.1) is 0 Å². The van der Waals surface area contributed by atoms with E-state index in [2.05, 4.69) is 25.2 Å². The van der Waals surface area contributed by atoms with E-state index in [4.69, 9.17) is 0 Å². The van der Waals surface area contributed by atoms with Gasteiger partial charge in [0.05, 0.1) is 17.8 Å². The Morgan fingerprint density at radius 2 is 1.55 bits per heavy atom. The lowest BCUT2D eigenvalue weighted by Gasteiger charge is -2.50. The van der Waals surface area contributed by atoms with E-state index in [1.165, 1.54) is 10.1 Å². The zero-order valence-corrected chi connectivity index (χ0v) is 12.1. The molecule has 22 heavy (non-hydrogen) atoms. The highest BCUT2D eigenvalue weighted by Crippen LogP contribution is 2.53. The number of hydrogen-bond acceptors (Lipinski definition) is 2. The molecular weight excluding hydrogens is 278 g/mol. The van der Waals surface area contributed by atoms with Crippen molar-refractivity contribution in [3.63, 3.8) is 0 Å². The lowest BCUT2D eigenvalue weighted by atomic mass is 9.64. The smallest absolute Gasteiger partial charge is 0.245 e. The highest BCUT2D eigenvalue weighted by atomic mass is 16.2. The Morgan fingerprint density at radius 1 is 0.909 bits per heavy atom. The molecule has 2 aromatic rings. The summed E-state index contributed by atoms with van der Waals surface area (Å²) in [7, 11) is 0. The number of rotatable bonds is 1. The minimum Gasteiger partial charge on any atom is -0.245 e. The fourth-order valence-electron chi connectivity index (χ4n) is 4.28. The third-order valence-corrected chi connectivity index (χ3v) is 5.25. The summed E-state index contributed by atoms with van der Waals surface area (Å²) in [5.41, 5.74) is 1.46. The van der Waals surface area contributed by atoms with Gasteiger partial charge in [-0.3, -0.25) is 0 Å². The monoisotopic (exact) mass is 293 g/mol. The molecule has 3 heterocycles. The number of nitrogens with zero attached hydrogens (tertiary/aromatic N) is 3. The molecule has 1 aromatic heterocycles. The van der Waals surface area contributed by atoms with Crippen LogP contribution in [0.15, 0.2) is 63.7 Å². The Morgan fingerprint density at radius 3 is 2.23 bits per heavy atom. The van der Waals surface area contributed by atoms with Crippen LogP contribution in [0.25, 0.3) is 5.69 Å². The Hall–Kier alpha value is -2.56. The number of benzene rings is 1. The molecule has 0 fully saturated rings. The van der Waals surface area contributed by atoms with Gasteiger partial charge < -0.3 is 0 Å². The highest BCUT2D eigenvalue weighted by Gasteiger charge is 2.50. The van der Waals surface area contributed by atoms with E-state index in [0.717, 1.165) is 0 Å². The molecule has 4 aliphatic rings. The fourth-order valence-corrected chi connectivity index (χ4v) is 4.28. The van der Waals surface area contributed by atoms with Crippen molar-refractivity contribution in [1.82, 2.24) is 13.9 Å². The third-order valence-electron chi connectivity index (χ3n) is 5.25. The molecule has 0 saturated heterocycles. The second-order valence-electron chi connectivity index (χ2n) is 6.31. The van der Waals surface area contributed by atoms with Crippen LogP contribution < -0.4 is 11.4 Å². The molecule has 2 aliphatic carbocycles.